The Labute approximate surface area is 91.0 Å². The summed E-state index contributed by atoms with van der Waals surface area (Å²) in [6.07, 6.45) is -2.12. The molecule has 0 bridgehead atoms. The fraction of sp³-hybridized carbons (Fsp3) is 0.286. The molecule has 0 saturated carbocycles. The number of pyridine rings is 1. The first-order chi connectivity index (χ1) is 6.99. The Morgan fingerprint density at radius 3 is 2.67 bits per heavy atom. The molecule has 82 valence electrons. The lowest BCUT2D eigenvalue weighted by Crippen LogP contribution is -2.03. The van der Waals surface area contributed by atoms with Crippen LogP contribution in [-0.2, 0) is 6.61 Å². The summed E-state index contributed by atoms with van der Waals surface area (Å²) in [6, 6.07) is 0. The van der Waals surface area contributed by atoms with Gasteiger partial charge in [-0.15, -0.1) is 0 Å². The van der Waals surface area contributed by atoms with Crippen molar-refractivity contribution in [2.24, 2.45) is 0 Å². The van der Waals surface area contributed by atoms with E-state index in [-0.39, 0.29) is 4.60 Å². The number of hydrogen-bond acceptors (Lipinski definition) is 4. The van der Waals surface area contributed by atoms with Gasteiger partial charge in [-0.1, -0.05) is 0 Å². The van der Waals surface area contributed by atoms with Gasteiger partial charge in [-0.3, -0.25) is 10.1 Å². The minimum atomic E-state index is -2.94. The average molecular weight is 283 g/mol. The average Bonchev–Trinajstić information content (AvgIpc) is 2.15. The number of nitro groups is 1. The van der Waals surface area contributed by atoms with Crippen molar-refractivity contribution in [2.75, 3.05) is 0 Å². The Bertz CT molecular complexity index is 400. The summed E-state index contributed by atoms with van der Waals surface area (Å²) in [7, 11) is 0. The van der Waals surface area contributed by atoms with Crippen LogP contribution in [0.15, 0.2) is 10.8 Å². The minimum Gasteiger partial charge on any atom is -0.391 e. The van der Waals surface area contributed by atoms with Crippen LogP contribution < -0.4 is 0 Å². The Balaban J connectivity index is 3.47. The van der Waals surface area contributed by atoms with E-state index >= 15 is 0 Å². The van der Waals surface area contributed by atoms with Crippen LogP contribution in [0.25, 0.3) is 0 Å². The fourth-order valence-electron chi connectivity index (χ4n) is 1.07. The lowest BCUT2D eigenvalue weighted by Gasteiger charge is -2.08. The molecule has 0 saturated heterocycles. The number of aliphatic hydroxyl groups is 1. The summed E-state index contributed by atoms with van der Waals surface area (Å²) in [6.45, 7) is -0.836. The van der Waals surface area contributed by atoms with Crippen LogP contribution >= 0.6 is 15.9 Å². The lowest BCUT2D eigenvalue weighted by molar-refractivity contribution is -0.386. The van der Waals surface area contributed by atoms with E-state index in [0.29, 0.717) is 0 Å². The molecule has 0 aromatic carbocycles. The topological polar surface area (TPSA) is 76.3 Å². The van der Waals surface area contributed by atoms with Gasteiger partial charge in [0.1, 0.15) is 10.8 Å². The normalized spacial score (nSPS) is 10.7. The quantitative estimate of drug-likeness (QED) is 0.524. The predicted molar refractivity (Wildman–Crippen MR) is 49.5 cm³/mol. The molecular formula is C7H5BrF2N2O3. The first-order valence-corrected chi connectivity index (χ1v) is 4.49. The van der Waals surface area contributed by atoms with Gasteiger partial charge in [-0.25, -0.2) is 13.8 Å². The largest absolute Gasteiger partial charge is 0.391 e. The molecule has 0 spiro atoms. The van der Waals surface area contributed by atoms with E-state index in [9.17, 15) is 18.9 Å². The van der Waals surface area contributed by atoms with Crippen LogP contribution in [0.5, 0.6) is 0 Å². The van der Waals surface area contributed by atoms with Gasteiger partial charge in [0, 0.05) is 0 Å². The number of alkyl halides is 2. The van der Waals surface area contributed by atoms with Crippen molar-refractivity contribution < 1.29 is 18.8 Å². The molecular weight excluding hydrogens is 278 g/mol. The second-order valence-electron chi connectivity index (χ2n) is 2.54. The number of hydrogen-bond donors (Lipinski definition) is 1. The standard InChI is InChI=1S/C7H5BrF2N2O3/c8-6-5(7(9)10)3(2-13)4(1-11-6)12(14)15/h1,7,13H,2H2. The van der Waals surface area contributed by atoms with Gasteiger partial charge in [0.05, 0.1) is 22.7 Å². The maximum absolute atomic E-state index is 12.5. The third-order valence-corrected chi connectivity index (χ3v) is 2.36. The highest BCUT2D eigenvalue weighted by Crippen LogP contribution is 2.33. The van der Waals surface area contributed by atoms with Gasteiger partial charge >= 0.3 is 0 Å². The van der Waals surface area contributed by atoms with Gasteiger partial charge in [0.25, 0.3) is 12.1 Å². The predicted octanol–water partition coefficient (Wildman–Crippen LogP) is 2.18. The zero-order chi connectivity index (χ0) is 11.6. The van der Waals surface area contributed by atoms with Gasteiger partial charge in [-0.2, -0.15) is 0 Å². The minimum absolute atomic E-state index is 0.202. The number of aliphatic hydroxyl groups excluding tert-OH is 1. The number of nitrogens with zero attached hydrogens (tertiary/aromatic N) is 2. The molecule has 0 radical (unpaired) electrons. The second-order valence-corrected chi connectivity index (χ2v) is 3.29. The molecule has 0 fully saturated rings. The maximum Gasteiger partial charge on any atom is 0.293 e. The molecule has 0 amide bonds. The number of rotatable bonds is 3. The molecule has 0 atom stereocenters. The molecule has 1 aromatic heterocycles. The molecule has 15 heavy (non-hydrogen) atoms. The van der Waals surface area contributed by atoms with Gasteiger partial charge in [0.2, 0.25) is 0 Å². The SMILES string of the molecule is O=[N+]([O-])c1cnc(Br)c(C(F)F)c1CO. The summed E-state index contributed by atoms with van der Waals surface area (Å²) in [5.74, 6) is 0. The first kappa shape index (κ1) is 11.9. The zero-order valence-electron chi connectivity index (χ0n) is 7.15. The smallest absolute Gasteiger partial charge is 0.293 e. The molecule has 5 nitrogen and oxygen atoms in total. The number of halogens is 3. The zero-order valence-corrected chi connectivity index (χ0v) is 8.74. The molecule has 0 unspecified atom stereocenters. The Morgan fingerprint density at radius 2 is 2.27 bits per heavy atom. The maximum atomic E-state index is 12.5. The van der Waals surface area contributed by atoms with E-state index in [1.54, 1.807) is 0 Å². The third-order valence-electron chi connectivity index (χ3n) is 1.73. The second kappa shape index (κ2) is 4.58. The van der Waals surface area contributed by atoms with Crippen LogP contribution in [0.4, 0.5) is 14.5 Å². The van der Waals surface area contributed by atoms with Crippen molar-refractivity contribution >= 4 is 21.6 Å². The Kier molecular flexibility index (Phi) is 3.64. The van der Waals surface area contributed by atoms with E-state index in [1.165, 1.54) is 0 Å². The fourth-order valence-corrected chi connectivity index (χ4v) is 1.59. The molecule has 0 aliphatic rings. The highest BCUT2D eigenvalue weighted by Gasteiger charge is 2.25. The molecule has 0 aliphatic heterocycles. The molecule has 8 heteroatoms. The number of aromatic nitrogens is 1. The summed E-state index contributed by atoms with van der Waals surface area (Å²) >= 11 is 2.75. The van der Waals surface area contributed by atoms with Crippen LogP contribution in [-0.4, -0.2) is 15.0 Å². The molecule has 1 heterocycles. The summed E-state index contributed by atoms with van der Waals surface area (Å²) in [4.78, 5) is 13.0. The Morgan fingerprint density at radius 1 is 1.67 bits per heavy atom. The van der Waals surface area contributed by atoms with E-state index in [2.05, 4.69) is 20.9 Å². The van der Waals surface area contributed by atoms with Gasteiger partial charge in [-0.05, 0) is 15.9 Å². The Hall–Kier alpha value is -1.15. The highest BCUT2D eigenvalue weighted by atomic mass is 79.9. The van der Waals surface area contributed by atoms with E-state index < -0.39 is 34.8 Å². The van der Waals surface area contributed by atoms with E-state index in [4.69, 9.17) is 5.11 Å². The first-order valence-electron chi connectivity index (χ1n) is 3.69. The van der Waals surface area contributed by atoms with Gasteiger partial charge in [0.15, 0.2) is 0 Å². The van der Waals surface area contributed by atoms with E-state index in [0.717, 1.165) is 6.20 Å². The van der Waals surface area contributed by atoms with Crippen LogP contribution in [0, 0.1) is 10.1 Å². The van der Waals surface area contributed by atoms with Crippen LogP contribution in [0.1, 0.15) is 17.6 Å². The van der Waals surface area contributed by atoms with Crippen molar-refractivity contribution in [2.45, 2.75) is 13.0 Å². The van der Waals surface area contributed by atoms with Gasteiger partial charge < -0.3 is 5.11 Å². The summed E-state index contributed by atoms with van der Waals surface area (Å²) in [5.41, 5.74) is -1.68. The highest BCUT2D eigenvalue weighted by molar-refractivity contribution is 9.10. The third kappa shape index (κ3) is 2.26. The van der Waals surface area contributed by atoms with Crippen molar-refractivity contribution in [1.82, 2.24) is 4.98 Å². The molecule has 1 aromatic rings. The monoisotopic (exact) mass is 282 g/mol. The van der Waals surface area contributed by atoms with E-state index in [1.807, 2.05) is 0 Å². The van der Waals surface area contributed by atoms with Crippen LogP contribution in [0.3, 0.4) is 0 Å². The van der Waals surface area contributed by atoms with Crippen LogP contribution in [0.2, 0.25) is 0 Å². The molecule has 0 aliphatic carbocycles. The molecule has 1 rings (SSSR count). The molecule has 1 N–H and O–H groups in total. The van der Waals surface area contributed by atoms with Crippen molar-refractivity contribution in [1.29, 1.82) is 0 Å². The van der Waals surface area contributed by atoms with Crippen molar-refractivity contribution in [3.63, 3.8) is 0 Å². The van der Waals surface area contributed by atoms with Crippen molar-refractivity contribution in [3.05, 3.63) is 32.0 Å². The summed E-state index contributed by atoms with van der Waals surface area (Å²) < 4.78 is 24.8. The summed E-state index contributed by atoms with van der Waals surface area (Å²) in [5, 5.41) is 19.3. The lowest BCUT2D eigenvalue weighted by atomic mass is 10.1. The van der Waals surface area contributed by atoms with Crippen molar-refractivity contribution in [3.8, 4) is 0 Å².